The van der Waals surface area contributed by atoms with Gasteiger partial charge in [0.25, 0.3) is 0 Å². The molecule has 0 heterocycles. The van der Waals surface area contributed by atoms with Gasteiger partial charge in [-0.05, 0) is 25.8 Å². The quantitative estimate of drug-likeness (QED) is 0.618. The molecule has 3 nitrogen and oxygen atoms in total. The Morgan fingerprint density at radius 2 is 2.00 bits per heavy atom. The summed E-state index contributed by atoms with van der Waals surface area (Å²) in [5.74, 6) is 2.07. The number of hydrogen-bond acceptors (Lipinski definition) is 4. The topological polar surface area (TPSA) is 46.2 Å². The van der Waals surface area contributed by atoms with Crippen LogP contribution in [0.15, 0.2) is 0 Å². The van der Waals surface area contributed by atoms with Crippen LogP contribution in [0.25, 0.3) is 0 Å². The average Bonchev–Trinajstić information content (AvgIpc) is 1.94. The molecule has 0 aliphatic heterocycles. The molecule has 5 heteroatoms. The van der Waals surface area contributed by atoms with Crippen molar-refractivity contribution in [2.75, 3.05) is 37.1 Å². The Hall–Kier alpha value is 0.260. The maximum Gasteiger partial charge on any atom is 0.148 e. The molecule has 0 saturated carbocycles. The van der Waals surface area contributed by atoms with Crippen molar-refractivity contribution in [3.05, 3.63) is 0 Å². The lowest BCUT2D eigenvalue weighted by atomic mass is 10.5. The van der Waals surface area contributed by atoms with E-state index in [4.69, 9.17) is 0 Å². The molecule has 1 N–H and O–H groups in total. The monoisotopic (exact) mass is 211 g/mol. The Balaban J connectivity index is 3.12. The van der Waals surface area contributed by atoms with E-state index < -0.39 is 9.84 Å². The molecule has 0 rings (SSSR count). The first-order chi connectivity index (χ1) is 5.56. The van der Waals surface area contributed by atoms with Gasteiger partial charge in [0.2, 0.25) is 0 Å². The second-order valence-corrected chi connectivity index (χ2v) is 6.18. The van der Waals surface area contributed by atoms with Crippen LogP contribution in [-0.2, 0) is 9.84 Å². The lowest BCUT2D eigenvalue weighted by Gasteiger charge is -1.99. The van der Waals surface area contributed by atoms with Gasteiger partial charge in [0.1, 0.15) is 9.84 Å². The van der Waals surface area contributed by atoms with E-state index in [1.807, 2.05) is 7.05 Å². The average molecular weight is 211 g/mol. The number of rotatable bonds is 7. The molecule has 0 radical (unpaired) electrons. The summed E-state index contributed by atoms with van der Waals surface area (Å²) in [6.45, 7) is 1.01. The largest absolute Gasteiger partial charge is 0.320 e. The highest BCUT2D eigenvalue weighted by atomic mass is 32.2. The zero-order chi connectivity index (χ0) is 9.45. The van der Waals surface area contributed by atoms with Crippen molar-refractivity contribution in [2.45, 2.75) is 6.42 Å². The van der Waals surface area contributed by atoms with Crippen LogP contribution >= 0.6 is 11.8 Å². The molecule has 0 aromatic heterocycles. The Morgan fingerprint density at radius 1 is 1.33 bits per heavy atom. The van der Waals surface area contributed by atoms with Crippen molar-refractivity contribution in [3.8, 4) is 0 Å². The van der Waals surface area contributed by atoms with E-state index in [0.29, 0.717) is 5.75 Å². The van der Waals surface area contributed by atoms with Crippen molar-refractivity contribution in [1.82, 2.24) is 5.32 Å². The van der Waals surface area contributed by atoms with Gasteiger partial charge in [0.15, 0.2) is 0 Å². The molecule has 74 valence electrons. The van der Waals surface area contributed by atoms with Crippen molar-refractivity contribution in [3.63, 3.8) is 0 Å². The summed E-state index contributed by atoms with van der Waals surface area (Å²) in [5, 5.41) is 3.04. The smallest absolute Gasteiger partial charge is 0.148 e. The van der Waals surface area contributed by atoms with E-state index in [1.165, 1.54) is 6.26 Å². The van der Waals surface area contributed by atoms with Gasteiger partial charge >= 0.3 is 0 Å². The Bertz CT molecular complexity index is 190. The molecule has 0 aliphatic carbocycles. The summed E-state index contributed by atoms with van der Waals surface area (Å²) in [4.78, 5) is 0. The highest BCUT2D eigenvalue weighted by molar-refractivity contribution is 8.00. The number of hydrogen-bond donors (Lipinski definition) is 1. The highest BCUT2D eigenvalue weighted by Crippen LogP contribution is 2.02. The van der Waals surface area contributed by atoms with Crippen LogP contribution in [0.3, 0.4) is 0 Å². The molecule has 0 spiro atoms. The SMILES string of the molecule is CNCCCSCCS(C)(=O)=O. The summed E-state index contributed by atoms with van der Waals surface area (Å²) in [6.07, 6.45) is 2.38. The molecular weight excluding hydrogens is 194 g/mol. The molecule has 0 aromatic carbocycles. The van der Waals surface area contributed by atoms with Crippen LogP contribution < -0.4 is 5.32 Å². The summed E-state index contributed by atoms with van der Waals surface area (Å²) in [5.41, 5.74) is 0. The Kier molecular flexibility index (Phi) is 6.89. The summed E-state index contributed by atoms with van der Waals surface area (Å²) in [6, 6.07) is 0. The van der Waals surface area contributed by atoms with E-state index >= 15 is 0 Å². The van der Waals surface area contributed by atoms with Gasteiger partial charge in [0.05, 0.1) is 5.75 Å². The standard InChI is InChI=1S/C7H17NO2S2/c1-8-4-3-5-11-6-7-12(2,9)10/h8H,3-7H2,1-2H3. The predicted octanol–water partition coefficient (Wildman–Crippen LogP) is 0.374. The van der Waals surface area contributed by atoms with Gasteiger partial charge in [-0.25, -0.2) is 8.42 Å². The molecule has 0 unspecified atom stereocenters. The van der Waals surface area contributed by atoms with E-state index in [-0.39, 0.29) is 0 Å². The second kappa shape index (κ2) is 6.74. The molecular formula is C7H17NO2S2. The molecule has 0 aromatic rings. The fraction of sp³-hybridized carbons (Fsp3) is 1.00. The molecule has 0 saturated heterocycles. The first kappa shape index (κ1) is 12.3. The van der Waals surface area contributed by atoms with Gasteiger partial charge in [-0.15, -0.1) is 0 Å². The molecule has 0 amide bonds. The predicted molar refractivity (Wildman–Crippen MR) is 55.6 cm³/mol. The lowest BCUT2D eigenvalue weighted by Crippen LogP contribution is -2.09. The minimum absolute atomic E-state index is 0.303. The van der Waals surface area contributed by atoms with Crippen molar-refractivity contribution < 1.29 is 8.42 Å². The van der Waals surface area contributed by atoms with E-state index in [2.05, 4.69) is 5.32 Å². The minimum Gasteiger partial charge on any atom is -0.320 e. The third kappa shape index (κ3) is 10.3. The Morgan fingerprint density at radius 3 is 2.50 bits per heavy atom. The second-order valence-electron chi connectivity index (χ2n) is 2.70. The number of sulfone groups is 1. The first-order valence-corrected chi connectivity index (χ1v) is 7.18. The summed E-state index contributed by atoms with van der Waals surface area (Å²) >= 11 is 1.70. The van der Waals surface area contributed by atoms with E-state index in [9.17, 15) is 8.42 Å². The van der Waals surface area contributed by atoms with Crippen molar-refractivity contribution in [1.29, 1.82) is 0 Å². The van der Waals surface area contributed by atoms with E-state index in [0.717, 1.165) is 24.5 Å². The maximum absolute atomic E-state index is 10.7. The molecule has 0 fully saturated rings. The fourth-order valence-corrected chi connectivity index (χ4v) is 2.90. The van der Waals surface area contributed by atoms with Crippen molar-refractivity contribution >= 4 is 21.6 Å². The van der Waals surface area contributed by atoms with Gasteiger partial charge in [-0.2, -0.15) is 11.8 Å². The molecule has 0 atom stereocenters. The molecule has 0 aliphatic rings. The normalized spacial score (nSPS) is 11.8. The van der Waals surface area contributed by atoms with Crippen LogP contribution in [-0.4, -0.2) is 45.5 Å². The van der Waals surface area contributed by atoms with Gasteiger partial charge < -0.3 is 5.32 Å². The molecule has 0 bridgehead atoms. The number of nitrogens with one attached hydrogen (secondary N) is 1. The third-order valence-electron chi connectivity index (χ3n) is 1.31. The zero-order valence-electron chi connectivity index (χ0n) is 7.67. The van der Waals surface area contributed by atoms with Crippen molar-refractivity contribution in [2.24, 2.45) is 0 Å². The summed E-state index contributed by atoms with van der Waals surface area (Å²) < 4.78 is 21.4. The van der Waals surface area contributed by atoms with Crippen LogP contribution in [0.5, 0.6) is 0 Å². The fourth-order valence-electron chi connectivity index (χ4n) is 0.663. The maximum atomic E-state index is 10.7. The van der Waals surface area contributed by atoms with Crippen LogP contribution in [0.4, 0.5) is 0 Å². The number of thioether (sulfide) groups is 1. The minimum atomic E-state index is -2.75. The highest BCUT2D eigenvalue weighted by Gasteiger charge is 2.00. The first-order valence-electron chi connectivity index (χ1n) is 3.96. The van der Waals surface area contributed by atoms with Gasteiger partial charge in [-0.3, -0.25) is 0 Å². The van der Waals surface area contributed by atoms with E-state index in [1.54, 1.807) is 11.8 Å². The third-order valence-corrected chi connectivity index (χ3v) is 3.59. The summed E-state index contributed by atoms with van der Waals surface area (Å²) in [7, 11) is -0.836. The van der Waals surface area contributed by atoms with Crippen LogP contribution in [0.2, 0.25) is 0 Å². The zero-order valence-corrected chi connectivity index (χ0v) is 9.30. The van der Waals surface area contributed by atoms with Crippen LogP contribution in [0.1, 0.15) is 6.42 Å². The Labute approximate surface area is 79.2 Å². The molecule has 12 heavy (non-hydrogen) atoms. The van der Waals surface area contributed by atoms with Crippen LogP contribution in [0, 0.1) is 0 Å². The van der Waals surface area contributed by atoms with Gasteiger partial charge in [0, 0.05) is 12.0 Å². The van der Waals surface area contributed by atoms with Gasteiger partial charge in [-0.1, -0.05) is 0 Å². The lowest BCUT2D eigenvalue weighted by molar-refractivity contribution is 0.603.